The average molecular weight is 437 g/mol. The predicted octanol–water partition coefficient (Wildman–Crippen LogP) is 5.82. The van der Waals surface area contributed by atoms with Crippen LogP contribution in [0.25, 0.3) is 11.4 Å². The van der Waals surface area contributed by atoms with Gasteiger partial charge in [-0.2, -0.15) is 9.36 Å². The second-order valence-electron chi connectivity index (χ2n) is 7.48. The first-order chi connectivity index (χ1) is 14.4. The van der Waals surface area contributed by atoms with Crippen LogP contribution in [0.3, 0.4) is 0 Å². The monoisotopic (exact) mass is 436 g/mol. The standard InChI is InChI=1S/C23H24N4OS2/c1-14-5-7-18(8-6-14)21-25-23(30-26-21)28-20-12-15(2)19(11-16(20)3)9-10-27-17(4)13-29-22(27)24/h5-8,11-13,24H,9-10H2,1-4H3. The summed E-state index contributed by atoms with van der Waals surface area (Å²) in [5, 5.41) is 10.6. The van der Waals surface area contributed by atoms with Gasteiger partial charge in [-0.15, -0.1) is 11.3 Å². The number of hydrogen-bond donors (Lipinski definition) is 1. The zero-order chi connectivity index (χ0) is 21.3. The summed E-state index contributed by atoms with van der Waals surface area (Å²) in [6.07, 6.45) is 0.886. The second-order valence-corrected chi connectivity index (χ2v) is 9.05. The van der Waals surface area contributed by atoms with Crippen molar-refractivity contribution in [1.29, 1.82) is 5.41 Å². The van der Waals surface area contributed by atoms with Crippen molar-refractivity contribution >= 4 is 22.9 Å². The van der Waals surface area contributed by atoms with E-state index in [4.69, 9.17) is 10.1 Å². The zero-order valence-electron chi connectivity index (χ0n) is 17.5. The molecule has 0 radical (unpaired) electrons. The van der Waals surface area contributed by atoms with E-state index >= 15 is 0 Å². The molecule has 0 aliphatic rings. The molecule has 4 rings (SSSR count). The van der Waals surface area contributed by atoms with E-state index in [1.165, 1.54) is 39.6 Å². The van der Waals surface area contributed by atoms with E-state index in [0.717, 1.165) is 35.5 Å². The van der Waals surface area contributed by atoms with Gasteiger partial charge >= 0.3 is 0 Å². The first kappa shape index (κ1) is 20.5. The summed E-state index contributed by atoms with van der Waals surface area (Å²) < 4.78 is 12.6. The maximum atomic E-state index is 8.04. The molecule has 7 heteroatoms. The topological polar surface area (TPSA) is 63.8 Å². The van der Waals surface area contributed by atoms with Crippen LogP contribution in [0.4, 0.5) is 0 Å². The second kappa shape index (κ2) is 8.53. The summed E-state index contributed by atoms with van der Waals surface area (Å²) in [5.74, 6) is 1.50. The molecule has 2 aromatic heterocycles. The summed E-state index contributed by atoms with van der Waals surface area (Å²) >= 11 is 2.74. The van der Waals surface area contributed by atoms with Crippen molar-refractivity contribution in [1.82, 2.24) is 13.9 Å². The lowest BCUT2D eigenvalue weighted by Gasteiger charge is -2.13. The Kier molecular flexibility index (Phi) is 5.83. The molecule has 1 N–H and O–H groups in total. The SMILES string of the molecule is Cc1ccc(-c2nsc(Oc3cc(C)c(CCn4c(C)csc4=N)cc3C)n2)cc1. The molecular weight excluding hydrogens is 412 g/mol. The first-order valence-electron chi connectivity index (χ1n) is 9.79. The summed E-state index contributed by atoms with van der Waals surface area (Å²) in [6, 6.07) is 12.4. The number of hydrogen-bond acceptors (Lipinski definition) is 6. The Morgan fingerprint density at radius 3 is 2.50 bits per heavy atom. The quantitative estimate of drug-likeness (QED) is 0.414. The van der Waals surface area contributed by atoms with Gasteiger partial charge in [-0.25, -0.2) is 0 Å². The maximum absolute atomic E-state index is 8.04. The lowest BCUT2D eigenvalue weighted by molar-refractivity contribution is 0.474. The molecule has 2 heterocycles. The number of benzene rings is 2. The first-order valence-corrected chi connectivity index (χ1v) is 11.4. The third kappa shape index (κ3) is 4.37. The van der Waals surface area contributed by atoms with Crippen molar-refractivity contribution in [3.63, 3.8) is 0 Å². The van der Waals surface area contributed by atoms with Crippen molar-refractivity contribution in [3.05, 3.63) is 74.5 Å². The fourth-order valence-electron chi connectivity index (χ4n) is 3.33. The van der Waals surface area contributed by atoms with Crippen LogP contribution in [0.15, 0.2) is 41.8 Å². The van der Waals surface area contributed by atoms with Gasteiger partial charge in [0.2, 0.25) is 0 Å². The van der Waals surface area contributed by atoms with Crippen molar-refractivity contribution < 1.29 is 4.74 Å². The van der Waals surface area contributed by atoms with Crippen molar-refractivity contribution in [2.45, 2.75) is 40.7 Å². The van der Waals surface area contributed by atoms with Crippen LogP contribution >= 0.6 is 22.9 Å². The van der Waals surface area contributed by atoms with E-state index in [-0.39, 0.29) is 0 Å². The summed E-state index contributed by atoms with van der Waals surface area (Å²) in [7, 11) is 0. The van der Waals surface area contributed by atoms with Crippen LogP contribution in [0, 0.1) is 33.1 Å². The predicted molar refractivity (Wildman–Crippen MR) is 123 cm³/mol. The molecule has 0 aliphatic heterocycles. The van der Waals surface area contributed by atoms with Crippen LogP contribution in [-0.4, -0.2) is 13.9 Å². The van der Waals surface area contributed by atoms with Crippen LogP contribution in [0.5, 0.6) is 10.9 Å². The normalized spacial score (nSPS) is 11.1. The molecule has 0 saturated heterocycles. The van der Waals surface area contributed by atoms with Crippen LogP contribution in [-0.2, 0) is 13.0 Å². The molecular formula is C23H24N4OS2. The molecule has 0 aliphatic carbocycles. The molecule has 4 aromatic rings. The Balaban J connectivity index is 1.50. The molecule has 0 unspecified atom stereocenters. The van der Waals surface area contributed by atoms with Crippen LogP contribution in [0.1, 0.15) is 27.9 Å². The molecule has 0 spiro atoms. The molecule has 2 aromatic carbocycles. The van der Waals surface area contributed by atoms with E-state index in [2.05, 4.69) is 65.9 Å². The highest BCUT2D eigenvalue weighted by molar-refractivity contribution is 7.07. The van der Waals surface area contributed by atoms with Gasteiger partial charge in [0.1, 0.15) is 5.75 Å². The Hall–Kier alpha value is -2.77. The van der Waals surface area contributed by atoms with Crippen LogP contribution < -0.4 is 9.54 Å². The van der Waals surface area contributed by atoms with Gasteiger partial charge in [0.15, 0.2) is 10.6 Å². The fourth-order valence-corrected chi connectivity index (χ4v) is 4.67. The maximum Gasteiger partial charge on any atom is 0.299 e. The minimum atomic E-state index is 0.545. The number of thiazole rings is 1. The number of rotatable bonds is 6. The number of aryl methyl sites for hydroxylation is 5. The van der Waals surface area contributed by atoms with Gasteiger partial charge in [-0.1, -0.05) is 35.9 Å². The Labute approximate surface area is 184 Å². The van der Waals surface area contributed by atoms with Crippen molar-refractivity contribution in [2.75, 3.05) is 0 Å². The number of ether oxygens (including phenoxy) is 1. The molecule has 0 bridgehead atoms. The average Bonchev–Trinajstić information content (AvgIpc) is 3.31. The summed E-state index contributed by atoms with van der Waals surface area (Å²) in [4.78, 5) is 5.15. The van der Waals surface area contributed by atoms with E-state index in [1.807, 2.05) is 17.5 Å². The van der Waals surface area contributed by atoms with E-state index in [1.54, 1.807) is 0 Å². The number of nitrogens with one attached hydrogen (secondary N) is 1. The molecule has 0 amide bonds. The van der Waals surface area contributed by atoms with Gasteiger partial charge in [0.05, 0.1) is 0 Å². The molecule has 154 valence electrons. The highest BCUT2D eigenvalue weighted by atomic mass is 32.1. The molecule has 0 saturated carbocycles. The lowest BCUT2D eigenvalue weighted by Crippen LogP contribution is -2.16. The minimum Gasteiger partial charge on any atom is -0.430 e. The fraction of sp³-hybridized carbons (Fsp3) is 0.261. The number of nitrogens with zero attached hydrogens (tertiary/aromatic N) is 3. The summed E-state index contributed by atoms with van der Waals surface area (Å²) in [5.41, 5.74) is 6.86. The van der Waals surface area contributed by atoms with Gasteiger partial charge in [-0.3, -0.25) is 5.41 Å². The van der Waals surface area contributed by atoms with Crippen LogP contribution in [0.2, 0.25) is 0 Å². The van der Waals surface area contributed by atoms with Gasteiger partial charge in [-0.05, 0) is 56.9 Å². The molecule has 5 nitrogen and oxygen atoms in total. The third-order valence-corrected chi connectivity index (χ3v) is 6.66. The largest absolute Gasteiger partial charge is 0.430 e. The lowest BCUT2D eigenvalue weighted by atomic mass is 10.0. The third-order valence-electron chi connectivity index (χ3n) is 5.16. The smallest absolute Gasteiger partial charge is 0.299 e. The van der Waals surface area contributed by atoms with Gasteiger partial charge in [0, 0.05) is 34.7 Å². The van der Waals surface area contributed by atoms with E-state index in [9.17, 15) is 0 Å². The van der Waals surface area contributed by atoms with Gasteiger partial charge in [0.25, 0.3) is 5.19 Å². The Morgan fingerprint density at radius 1 is 1.03 bits per heavy atom. The highest BCUT2D eigenvalue weighted by Gasteiger charge is 2.12. The minimum absolute atomic E-state index is 0.545. The highest BCUT2D eigenvalue weighted by Crippen LogP contribution is 2.31. The van der Waals surface area contributed by atoms with Gasteiger partial charge < -0.3 is 9.30 Å². The Morgan fingerprint density at radius 2 is 1.80 bits per heavy atom. The summed E-state index contributed by atoms with van der Waals surface area (Å²) in [6.45, 7) is 9.08. The number of aromatic nitrogens is 3. The molecule has 0 fully saturated rings. The van der Waals surface area contributed by atoms with Crippen molar-refractivity contribution in [3.8, 4) is 22.3 Å². The Bertz CT molecular complexity index is 1240. The van der Waals surface area contributed by atoms with E-state index < -0.39 is 0 Å². The molecule has 30 heavy (non-hydrogen) atoms. The van der Waals surface area contributed by atoms with Crippen molar-refractivity contribution in [2.24, 2.45) is 0 Å². The molecule has 0 atom stereocenters. The van der Waals surface area contributed by atoms with E-state index in [0.29, 0.717) is 15.8 Å². The zero-order valence-corrected chi connectivity index (χ0v) is 19.2.